The standard InChI is InChI=1S/C13H11N3O7.HNO3/c17-12(4-2-8-22-16(20)21)23-11-6-5-10(15(18)19)9-3-1-7-14-13(9)11;2-1(3)4/h1,3,5-7H,2,4,8H2;(H,2,3,4). The summed E-state index contributed by atoms with van der Waals surface area (Å²) >= 11 is 0. The van der Waals surface area contributed by atoms with Crippen LogP contribution >= 0.6 is 0 Å². The highest BCUT2D eigenvalue weighted by molar-refractivity contribution is 5.93. The predicted octanol–water partition coefficient (Wildman–Crippen LogP) is 1.69. The molecule has 0 aliphatic carbocycles. The lowest BCUT2D eigenvalue weighted by Gasteiger charge is -2.07. The molecule has 144 valence electrons. The zero-order valence-electron chi connectivity index (χ0n) is 13.4. The van der Waals surface area contributed by atoms with Crippen LogP contribution < -0.4 is 4.74 Å². The number of esters is 1. The Labute approximate surface area is 149 Å². The van der Waals surface area contributed by atoms with Gasteiger partial charge in [0.2, 0.25) is 0 Å². The molecule has 0 aliphatic heterocycles. The molecule has 1 N–H and O–H groups in total. The maximum atomic E-state index is 11.7. The Kier molecular flexibility index (Phi) is 7.77. The van der Waals surface area contributed by atoms with Crippen LogP contribution in [0.4, 0.5) is 5.69 Å². The van der Waals surface area contributed by atoms with Gasteiger partial charge in [0.25, 0.3) is 15.9 Å². The van der Waals surface area contributed by atoms with Crippen LogP contribution in [0.3, 0.4) is 0 Å². The number of rotatable bonds is 7. The Morgan fingerprint density at radius 3 is 2.41 bits per heavy atom. The number of nitro groups is 1. The average molecular weight is 384 g/mol. The van der Waals surface area contributed by atoms with E-state index in [2.05, 4.69) is 9.82 Å². The van der Waals surface area contributed by atoms with E-state index < -0.39 is 21.1 Å². The molecule has 0 amide bonds. The summed E-state index contributed by atoms with van der Waals surface area (Å²) in [5.41, 5.74) is 0.0453. The zero-order valence-corrected chi connectivity index (χ0v) is 13.4. The third kappa shape index (κ3) is 7.12. The quantitative estimate of drug-likeness (QED) is 0.239. The van der Waals surface area contributed by atoms with Crippen molar-refractivity contribution in [3.8, 4) is 5.75 Å². The van der Waals surface area contributed by atoms with Gasteiger partial charge in [0, 0.05) is 18.7 Å². The van der Waals surface area contributed by atoms with Crippen molar-refractivity contribution in [1.82, 2.24) is 4.98 Å². The first kappa shape index (κ1) is 20.9. The first-order chi connectivity index (χ1) is 12.7. The molecule has 0 saturated carbocycles. The maximum absolute atomic E-state index is 11.7. The van der Waals surface area contributed by atoms with E-state index in [1.54, 1.807) is 0 Å². The Morgan fingerprint density at radius 2 is 1.81 bits per heavy atom. The second kappa shape index (κ2) is 10.0. The van der Waals surface area contributed by atoms with Crippen LogP contribution in [0.5, 0.6) is 5.75 Å². The average Bonchev–Trinajstić information content (AvgIpc) is 2.58. The fourth-order valence-corrected chi connectivity index (χ4v) is 1.90. The summed E-state index contributed by atoms with van der Waals surface area (Å²) in [6, 6.07) is 5.56. The SMILES string of the molecule is O=C(CCCO[N+](=O)[O-])Oc1ccc([N+](=O)[O-])c2cccnc12.O=[N+]([O-])O. The highest BCUT2D eigenvalue weighted by Crippen LogP contribution is 2.31. The summed E-state index contributed by atoms with van der Waals surface area (Å²) in [5.74, 6) is -0.552. The number of nitro benzene ring substituents is 1. The van der Waals surface area contributed by atoms with E-state index >= 15 is 0 Å². The minimum absolute atomic E-state index is 0.0893. The topological polar surface area (TPSA) is 198 Å². The van der Waals surface area contributed by atoms with Crippen LogP contribution in [0.1, 0.15) is 12.8 Å². The van der Waals surface area contributed by atoms with Crippen molar-refractivity contribution in [2.24, 2.45) is 0 Å². The van der Waals surface area contributed by atoms with Crippen molar-refractivity contribution in [3.05, 3.63) is 60.8 Å². The van der Waals surface area contributed by atoms with E-state index in [0.717, 1.165) is 0 Å². The number of fused-ring (bicyclic) bond motifs is 1. The molecule has 14 nitrogen and oxygen atoms in total. The van der Waals surface area contributed by atoms with E-state index in [-0.39, 0.29) is 41.8 Å². The van der Waals surface area contributed by atoms with Crippen molar-refractivity contribution in [3.63, 3.8) is 0 Å². The Balaban J connectivity index is 0.000000828. The van der Waals surface area contributed by atoms with E-state index in [0.29, 0.717) is 0 Å². The lowest BCUT2D eigenvalue weighted by atomic mass is 10.1. The molecule has 27 heavy (non-hydrogen) atoms. The fraction of sp³-hybridized carbons (Fsp3) is 0.231. The molecule has 1 heterocycles. The molecule has 0 fully saturated rings. The van der Waals surface area contributed by atoms with Crippen LogP contribution in [0.15, 0.2) is 30.5 Å². The third-order valence-electron chi connectivity index (χ3n) is 2.85. The lowest BCUT2D eigenvalue weighted by molar-refractivity contribution is -0.757. The van der Waals surface area contributed by atoms with Gasteiger partial charge in [0.1, 0.15) is 5.52 Å². The number of non-ortho nitro benzene ring substituents is 1. The normalized spacial score (nSPS) is 9.63. The number of aromatic nitrogens is 1. The molecule has 2 aromatic rings. The number of nitrogens with zero attached hydrogens (tertiary/aromatic N) is 4. The van der Waals surface area contributed by atoms with Crippen molar-refractivity contribution in [1.29, 1.82) is 0 Å². The van der Waals surface area contributed by atoms with Crippen molar-refractivity contribution >= 4 is 22.6 Å². The number of pyridine rings is 1. The molecule has 0 aliphatic rings. The molecule has 0 saturated heterocycles. The molecule has 0 atom stereocenters. The van der Waals surface area contributed by atoms with Crippen molar-refractivity contribution in [2.75, 3.05) is 6.61 Å². The van der Waals surface area contributed by atoms with Gasteiger partial charge in [-0.15, -0.1) is 20.2 Å². The van der Waals surface area contributed by atoms with Crippen LogP contribution in [-0.2, 0) is 9.63 Å². The monoisotopic (exact) mass is 384 g/mol. The van der Waals surface area contributed by atoms with Crippen LogP contribution in [-0.4, -0.2) is 37.9 Å². The van der Waals surface area contributed by atoms with Crippen molar-refractivity contribution < 1.29 is 34.7 Å². The maximum Gasteiger partial charge on any atom is 0.311 e. The summed E-state index contributed by atoms with van der Waals surface area (Å²) < 4.78 is 5.12. The van der Waals surface area contributed by atoms with E-state index in [1.165, 1.54) is 30.5 Å². The number of carbonyl (C=O) groups is 1. The van der Waals surface area contributed by atoms with Gasteiger partial charge in [-0.1, -0.05) is 0 Å². The fourth-order valence-electron chi connectivity index (χ4n) is 1.90. The molecule has 1 aromatic carbocycles. The molecule has 2 rings (SSSR count). The number of carbonyl (C=O) groups excluding carboxylic acids is 1. The molecule has 0 spiro atoms. The lowest BCUT2D eigenvalue weighted by Crippen LogP contribution is -2.11. The van der Waals surface area contributed by atoms with Crippen LogP contribution in [0.25, 0.3) is 10.9 Å². The summed E-state index contributed by atoms with van der Waals surface area (Å²) in [5, 5.41) is 33.9. The highest BCUT2D eigenvalue weighted by atomic mass is 16.9. The molecule has 0 unspecified atom stereocenters. The number of ether oxygens (including phenoxy) is 1. The molecular weight excluding hydrogens is 372 g/mol. The summed E-state index contributed by atoms with van der Waals surface area (Å²) in [7, 11) is 0. The third-order valence-corrected chi connectivity index (χ3v) is 2.85. The highest BCUT2D eigenvalue weighted by Gasteiger charge is 2.17. The zero-order chi connectivity index (χ0) is 20.4. The van der Waals surface area contributed by atoms with E-state index in [9.17, 15) is 25.0 Å². The van der Waals surface area contributed by atoms with E-state index in [4.69, 9.17) is 20.1 Å². The largest absolute Gasteiger partial charge is 0.424 e. The first-order valence-electron chi connectivity index (χ1n) is 7.05. The van der Waals surface area contributed by atoms with E-state index in [1.807, 2.05) is 0 Å². The van der Waals surface area contributed by atoms with Crippen LogP contribution in [0, 0.1) is 30.3 Å². The Bertz CT molecular complexity index is 852. The Morgan fingerprint density at radius 1 is 1.15 bits per heavy atom. The van der Waals surface area contributed by atoms with Gasteiger partial charge in [-0.2, -0.15) is 0 Å². The predicted molar refractivity (Wildman–Crippen MR) is 85.0 cm³/mol. The summed E-state index contributed by atoms with van der Waals surface area (Å²) in [4.78, 5) is 48.6. The van der Waals surface area contributed by atoms with Crippen molar-refractivity contribution in [2.45, 2.75) is 12.8 Å². The van der Waals surface area contributed by atoms with Gasteiger partial charge in [-0.05, 0) is 24.6 Å². The minimum atomic E-state index is -1.50. The molecule has 0 bridgehead atoms. The molecular formula is C13H12N4O10. The molecule has 0 radical (unpaired) electrons. The first-order valence-corrected chi connectivity index (χ1v) is 7.05. The van der Waals surface area contributed by atoms with Gasteiger partial charge in [0.05, 0.1) is 16.9 Å². The summed E-state index contributed by atoms with van der Waals surface area (Å²) in [6.07, 6.45) is 1.44. The van der Waals surface area contributed by atoms with Gasteiger partial charge in [-0.25, -0.2) is 0 Å². The molecule has 14 heteroatoms. The number of benzene rings is 1. The Hall–Kier alpha value is -4.10. The van der Waals surface area contributed by atoms with Crippen LogP contribution in [0.2, 0.25) is 0 Å². The van der Waals surface area contributed by atoms with Gasteiger partial charge in [-0.3, -0.25) is 19.9 Å². The minimum Gasteiger partial charge on any atom is -0.424 e. The van der Waals surface area contributed by atoms with Gasteiger partial charge in [0.15, 0.2) is 5.75 Å². The summed E-state index contributed by atoms with van der Waals surface area (Å²) in [6.45, 7) is -0.221. The molecule has 1 aromatic heterocycles. The van der Waals surface area contributed by atoms with Gasteiger partial charge < -0.3 is 14.8 Å². The van der Waals surface area contributed by atoms with Gasteiger partial charge >= 0.3 is 5.97 Å². The second-order valence-corrected chi connectivity index (χ2v) is 4.61. The number of hydrogen-bond acceptors (Lipinski definition) is 10. The smallest absolute Gasteiger partial charge is 0.311 e. The second-order valence-electron chi connectivity index (χ2n) is 4.61. The number of hydrogen-bond donors (Lipinski definition) is 1.